The number of nitrogens with one attached hydrogen (secondary N) is 1. The molecule has 2 aliphatic heterocycles. The molecule has 2 heterocycles. The zero-order chi connectivity index (χ0) is 17.9. The van der Waals surface area contributed by atoms with E-state index in [9.17, 15) is 9.59 Å². The summed E-state index contributed by atoms with van der Waals surface area (Å²) in [6.45, 7) is 8.11. The molecule has 4 aliphatic rings. The van der Waals surface area contributed by atoms with E-state index in [2.05, 4.69) is 19.2 Å². The van der Waals surface area contributed by atoms with Gasteiger partial charge in [-0.05, 0) is 50.5 Å². The van der Waals surface area contributed by atoms with E-state index in [4.69, 9.17) is 9.47 Å². The first-order valence-electron chi connectivity index (χ1n) is 9.07. The van der Waals surface area contributed by atoms with E-state index in [1.165, 1.54) is 30.2 Å². The SMILES string of the molecule is CC1=C(C)[C@H](O/C=C2/C(=O)N[C@@H]3C4=C(CCCC4(C)C)C[C@H]23)OC1=O. The zero-order valence-electron chi connectivity index (χ0n) is 15.3. The number of fused-ring (bicyclic) bond motifs is 2. The second kappa shape index (κ2) is 5.48. The van der Waals surface area contributed by atoms with Crippen molar-refractivity contribution in [3.8, 4) is 0 Å². The number of cyclic esters (lactones) is 1. The van der Waals surface area contributed by atoms with E-state index >= 15 is 0 Å². The third-order valence-electron chi connectivity index (χ3n) is 6.30. The summed E-state index contributed by atoms with van der Waals surface area (Å²) in [6, 6.07) is 0.0946. The van der Waals surface area contributed by atoms with Crippen LogP contribution in [-0.4, -0.2) is 24.2 Å². The molecule has 0 aromatic heterocycles. The molecule has 1 saturated heterocycles. The lowest BCUT2D eigenvalue weighted by Crippen LogP contribution is -2.35. The maximum absolute atomic E-state index is 12.5. The summed E-state index contributed by atoms with van der Waals surface area (Å²) in [7, 11) is 0. The maximum atomic E-state index is 12.5. The van der Waals surface area contributed by atoms with Crippen LogP contribution < -0.4 is 5.32 Å². The van der Waals surface area contributed by atoms with Crippen molar-refractivity contribution in [1.29, 1.82) is 0 Å². The van der Waals surface area contributed by atoms with Crippen LogP contribution in [0.1, 0.15) is 53.4 Å². The van der Waals surface area contributed by atoms with Crippen LogP contribution in [0.25, 0.3) is 0 Å². The fraction of sp³-hybridized carbons (Fsp3) is 0.600. The lowest BCUT2D eigenvalue weighted by atomic mass is 9.72. The number of carbonyl (C=O) groups is 2. The summed E-state index contributed by atoms with van der Waals surface area (Å²) in [5, 5.41) is 3.16. The predicted octanol–water partition coefficient (Wildman–Crippen LogP) is 3.13. The van der Waals surface area contributed by atoms with Gasteiger partial charge in [-0.2, -0.15) is 0 Å². The molecule has 1 N–H and O–H groups in total. The quantitative estimate of drug-likeness (QED) is 0.362. The topological polar surface area (TPSA) is 64.6 Å². The molecule has 1 amide bonds. The van der Waals surface area contributed by atoms with Crippen LogP contribution in [0.2, 0.25) is 0 Å². The van der Waals surface area contributed by atoms with Gasteiger partial charge in [0.2, 0.25) is 0 Å². The molecule has 1 fully saturated rings. The zero-order valence-corrected chi connectivity index (χ0v) is 15.3. The summed E-state index contributed by atoms with van der Waals surface area (Å²) in [4.78, 5) is 24.1. The first-order chi connectivity index (χ1) is 11.8. The van der Waals surface area contributed by atoms with E-state index in [1.807, 2.05) is 6.92 Å². The number of rotatable bonds is 2. The fourth-order valence-electron chi connectivity index (χ4n) is 4.80. The highest BCUT2D eigenvalue weighted by molar-refractivity contribution is 5.97. The molecule has 0 radical (unpaired) electrons. The van der Waals surface area contributed by atoms with Crippen molar-refractivity contribution in [2.75, 3.05) is 0 Å². The van der Waals surface area contributed by atoms with Crippen LogP contribution in [0.15, 0.2) is 34.1 Å². The average Bonchev–Trinajstić information content (AvgIpc) is 3.12. The van der Waals surface area contributed by atoms with Crippen molar-refractivity contribution in [2.24, 2.45) is 11.3 Å². The molecule has 0 saturated carbocycles. The van der Waals surface area contributed by atoms with Crippen molar-refractivity contribution >= 4 is 11.9 Å². The summed E-state index contributed by atoms with van der Waals surface area (Å²) in [6.07, 6.45) is 5.25. The standard InChI is InChI=1S/C20H25NO4/c1-10-11(2)19(25-18(10)23)24-9-14-13-8-12-6-5-7-20(3,4)15(12)16(13)21-17(14)22/h9,13,16,19H,5-8H2,1-4H3,(H,21,22)/b14-9+/t13-,16+,19-/m1/s1. The Morgan fingerprint density at radius 2 is 2.04 bits per heavy atom. The van der Waals surface area contributed by atoms with Gasteiger partial charge in [-0.1, -0.05) is 19.4 Å². The molecule has 25 heavy (non-hydrogen) atoms. The smallest absolute Gasteiger partial charge is 0.337 e. The molecule has 0 aromatic carbocycles. The van der Waals surface area contributed by atoms with Gasteiger partial charge >= 0.3 is 5.97 Å². The first kappa shape index (κ1) is 16.4. The Kier molecular flexibility index (Phi) is 3.60. The lowest BCUT2D eigenvalue weighted by Gasteiger charge is -2.35. The number of amides is 1. The summed E-state index contributed by atoms with van der Waals surface area (Å²) in [5.74, 6) is -0.280. The van der Waals surface area contributed by atoms with Crippen LogP contribution in [0.4, 0.5) is 0 Å². The minimum absolute atomic E-state index is 0.0643. The number of esters is 1. The van der Waals surface area contributed by atoms with Gasteiger partial charge in [0.05, 0.1) is 17.9 Å². The number of allylic oxidation sites excluding steroid dienone is 1. The number of carbonyl (C=O) groups excluding carboxylic acids is 2. The van der Waals surface area contributed by atoms with Crippen LogP contribution in [-0.2, 0) is 19.1 Å². The van der Waals surface area contributed by atoms with E-state index in [0.29, 0.717) is 11.1 Å². The minimum Gasteiger partial charge on any atom is -0.458 e. The molecule has 4 rings (SSSR count). The Morgan fingerprint density at radius 3 is 2.72 bits per heavy atom. The minimum atomic E-state index is -0.715. The van der Waals surface area contributed by atoms with Gasteiger partial charge in [-0.3, -0.25) is 4.79 Å². The van der Waals surface area contributed by atoms with Crippen LogP contribution >= 0.6 is 0 Å². The third kappa shape index (κ3) is 2.43. The Balaban J connectivity index is 1.56. The van der Waals surface area contributed by atoms with Crippen LogP contribution in [0, 0.1) is 11.3 Å². The summed E-state index contributed by atoms with van der Waals surface area (Å²) in [5.41, 5.74) is 5.10. The van der Waals surface area contributed by atoms with Gasteiger partial charge in [-0.25, -0.2) is 4.79 Å². The monoisotopic (exact) mass is 343 g/mol. The van der Waals surface area contributed by atoms with Crippen molar-refractivity contribution in [3.05, 3.63) is 34.1 Å². The van der Waals surface area contributed by atoms with Crippen molar-refractivity contribution in [3.63, 3.8) is 0 Å². The van der Waals surface area contributed by atoms with Crippen LogP contribution in [0.3, 0.4) is 0 Å². The molecule has 134 valence electrons. The Labute approximate surface area is 148 Å². The van der Waals surface area contributed by atoms with Gasteiger partial charge in [0.1, 0.15) is 0 Å². The van der Waals surface area contributed by atoms with E-state index in [0.717, 1.165) is 18.4 Å². The van der Waals surface area contributed by atoms with Gasteiger partial charge in [0.15, 0.2) is 0 Å². The molecule has 0 bridgehead atoms. The van der Waals surface area contributed by atoms with E-state index < -0.39 is 6.29 Å². The maximum Gasteiger partial charge on any atom is 0.337 e. The molecule has 0 spiro atoms. The second-order valence-corrected chi connectivity index (χ2v) is 8.27. The largest absolute Gasteiger partial charge is 0.458 e. The molecule has 5 heteroatoms. The van der Waals surface area contributed by atoms with Gasteiger partial charge in [0, 0.05) is 17.1 Å². The highest BCUT2D eigenvalue weighted by atomic mass is 16.7. The molecule has 5 nitrogen and oxygen atoms in total. The average molecular weight is 343 g/mol. The number of hydrogen-bond acceptors (Lipinski definition) is 4. The molecule has 0 unspecified atom stereocenters. The lowest BCUT2D eigenvalue weighted by molar-refractivity contribution is -0.153. The van der Waals surface area contributed by atoms with Crippen molar-refractivity contribution in [1.82, 2.24) is 5.32 Å². The summed E-state index contributed by atoms with van der Waals surface area (Å²) < 4.78 is 10.9. The van der Waals surface area contributed by atoms with Crippen molar-refractivity contribution in [2.45, 2.75) is 65.7 Å². The number of ether oxygens (including phenoxy) is 2. The molecule has 2 aliphatic carbocycles. The molecular formula is C20H25NO4. The highest BCUT2D eigenvalue weighted by Crippen LogP contribution is 2.53. The van der Waals surface area contributed by atoms with E-state index in [1.54, 1.807) is 6.92 Å². The molecule has 0 aromatic rings. The van der Waals surface area contributed by atoms with Crippen LogP contribution in [0.5, 0.6) is 0 Å². The van der Waals surface area contributed by atoms with Gasteiger partial charge < -0.3 is 14.8 Å². The Bertz CT molecular complexity index is 756. The van der Waals surface area contributed by atoms with Gasteiger partial charge in [0.25, 0.3) is 12.2 Å². The Hall–Kier alpha value is -2.04. The molecule has 3 atom stereocenters. The Morgan fingerprint density at radius 1 is 1.28 bits per heavy atom. The predicted molar refractivity (Wildman–Crippen MR) is 92.1 cm³/mol. The second-order valence-electron chi connectivity index (χ2n) is 8.27. The van der Waals surface area contributed by atoms with Crippen molar-refractivity contribution < 1.29 is 19.1 Å². The first-order valence-corrected chi connectivity index (χ1v) is 9.07. The molecular weight excluding hydrogens is 318 g/mol. The summed E-state index contributed by atoms with van der Waals surface area (Å²) >= 11 is 0. The normalized spacial score (nSPS) is 35.0. The fourth-order valence-corrected chi connectivity index (χ4v) is 4.80. The number of hydrogen-bond donors (Lipinski definition) is 1. The third-order valence-corrected chi connectivity index (χ3v) is 6.30. The van der Waals surface area contributed by atoms with Gasteiger partial charge in [-0.15, -0.1) is 0 Å². The highest BCUT2D eigenvalue weighted by Gasteiger charge is 2.50. The van der Waals surface area contributed by atoms with E-state index in [-0.39, 0.29) is 29.3 Å².